The van der Waals surface area contributed by atoms with E-state index < -0.39 is 0 Å². The zero-order chi connectivity index (χ0) is 12.0. The number of aromatic amines is 1. The maximum atomic E-state index is 6.09. The second kappa shape index (κ2) is 3.58. The predicted molar refractivity (Wildman–Crippen MR) is 67.7 cm³/mol. The third kappa shape index (κ3) is 1.79. The minimum absolute atomic E-state index is 0.586. The summed E-state index contributed by atoms with van der Waals surface area (Å²) in [4.78, 5) is 4.54. The first kappa shape index (κ1) is 10.3. The normalized spacial score (nSPS) is 15.2. The fourth-order valence-electron chi connectivity index (χ4n) is 2.10. The van der Waals surface area contributed by atoms with Crippen molar-refractivity contribution < 1.29 is 0 Å². The van der Waals surface area contributed by atoms with Crippen LogP contribution in [0.2, 0.25) is 0 Å². The maximum Gasteiger partial charge on any atom is 0.183 e. The average Bonchev–Trinajstić information content (AvgIpc) is 3.02. The molecule has 0 spiro atoms. The first-order valence-corrected chi connectivity index (χ1v) is 5.94. The summed E-state index contributed by atoms with van der Waals surface area (Å²) in [6.07, 6.45) is 2.44. The molecule has 1 fully saturated rings. The van der Waals surface area contributed by atoms with Gasteiger partial charge < -0.3 is 5.73 Å². The zero-order valence-corrected chi connectivity index (χ0v) is 10.1. The van der Waals surface area contributed by atoms with Gasteiger partial charge in [-0.25, -0.2) is 4.98 Å². The molecule has 1 aliphatic rings. The number of nitrogens with two attached hydrogens (primary N) is 1. The summed E-state index contributed by atoms with van der Waals surface area (Å²) >= 11 is 0. The molecule has 3 N–H and O–H groups in total. The van der Waals surface area contributed by atoms with Crippen molar-refractivity contribution in [3.05, 3.63) is 29.1 Å². The van der Waals surface area contributed by atoms with Crippen LogP contribution >= 0.6 is 0 Å². The Balaban J connectivity index is 2.07. The summed E-state index contributed by atoms with van der Waals surface area (Å²) in [5.41, 5.74) is 10.1. The van der Waals surface area contributed by atoms with E-state index in [0.717, 1.165) is 28.5 Å². The molecule has 0 amide bonds. The van der Waals surface area contributed by atoms with E-state index in [2.05, 4.69) is 28.2 Å². The van der Waals surface area contributed by atoms with Gasteiger partial charge in [-0.1, -0.05) is 6.07 Å². The maximum absolute atomic E-state index is 6.09. The van der Waals surface area contributed by atoms with Gasteiger partial charge in [0.1, 0.15) is 5.82 Å². The number of anilines is 1. The number of aromatic nitrogens is 3. The van der Waals surface area contributed by atoms with Crippen molar-refractivity contribution >= 4 is 5.69 Å². The van der Waals surface area contributed by atoms with Crippen molar-refractivity contribution in [2.24, 2.45) is 0 Å². The number of rotatable bonds is 2. The lowest BCUT2D eigenvalue weighted by molar-refractivity contribution is 0.935. The molecule has 1 aliphatic carbocycles. The van der Waals surface area contributed by atoms with Gasteiger partial charge in [-0.2, -0.15) is 5.10 Å². The first-order chi connectivity index (χ1) is 8.15. The van der Waals surface area contributed by atoms with Gasteiger partial charge in [-0.05, 0) is 43.9 Å². The number of hydrogen-bond acceptors (Lipinski definition) is 3. The third-order valence-electron chi connectivity index (χ3n) is 3.24. The molecule has 4 heteroatoms. The molecule has 0 bridgehead atoms. The molecule has 0 saturated heterocycles. The molecule has 3 rings (SSSR count). The monoisotopic (exact) mass is 228 g/mol. The van der Waals surface area contributed by atoms with Crippen molar-refractivity contribution in [1.82, 2.24) is 15.2 Å². The number of benzene rings is 1. The lowest BCUT2D eigenvalue weighted by Crippen LogP contribution is -1.96. The van der Waals surface area contributed by atoms with Crippen LogP contribution in [0.25, 0.3) is 11.4 Å². The Hall–Kier alpha value is -1.84. The Labute approximate surface area is 100 Å². The van der Waals surface area contributed by atoms with Gasteiger partial charge in [-0.15, -0.1) is 0 Å². The van der Waals surface area contributed by atoms with E-state index in [9.17, 15) is 0 Å². The number of aryl methyl sites for hydroxylation is 2. The van der Waals surface area contributed by atoms with Crippen molar-refractivity contribution in [3.63, 3.8) is 0 Å². The molecule has 1 saturated carbocycles. The molecule has 0 atom stereocenters. The van der Waals surface area contributed by atoms with Crippen LogP contribution in [0.1, 0.15) is 35.7 Å². The first-order valence-electron chi connectivity index (χ1n) is 5.94. The highest BCUT2D eigenvalue weighted by molar-refractivity contribution is 5.74. The van der Waals surface area contributed by atoms with E-state index in [0.29, 0.717) is 5.92 Å². The summed E-state index contributed by atoms with van der Waals surface area (Å²) < 4.78 is 0. The van der Waals surface area contributed by atoms with Gasteiger partial charge in [0.25, 0.3) is 0 Å². The molecule has 0 aliphatic heterocycles. The van der Waals surface area contributed by atoms with Crippen molar-refractivity contribution in [2.45, 2.75) is 32.6 Å². The standard InChI is InChI=1S/C13H16N4/c1-7-5-8(2)11(14)10(6-7)13-15-12(16-17-13)9-3-4-9/h5-6,9H,3-4,14H2,1-2H3,(H,15,16,17). The van der Waals surface area contributed by atoms with Gasteiger partial charge in [0.05, 0.1) is 0 Å². The van der Waals surface area contributed by atoms with E-state index in [1.807, 2.05) is 13.0 Å². The molecule has 1 aromatic heterocycles. The topological polar surface area (TPSA) is 67.6 Å². The summed E-state index contributed by atoms with van der Waals surface area (Å²) in [6.45, 7) is 4.07. The molecule has 1 aromatic carbocycles. The van der Waals surface area contributed by atoms with Crippen LogP contribution in [0.4, 0.5) is 5.69 Å². The lowest BCUT2D eigenvalue weighted by Gasteiger charge is -2.06. The van der Waals surface area contributed by atoms with E-state index in [1.54, 1.807) is 0 Å². The van der Waals surface area contributed by atoms with Gasteiger partial charge in [0, 0.05) is 17.2 Å². The molecular formula is C13H16N4. The quantitative estimate of drug-likeness (QED) is 0.776. The molecule has 1 heterocycles. The average molecular weight is 228 g/mol. The fraction of sp³-hybridized carbons (Fsp3) is 0.385. The number of H-pyrrole nitrogens is 1. The predicted octanol–water partition coefficient (Wildman–Crippen LogP) is 2.55. The molecule has 88 valence electrons. The van der Waals surface area contributed by atoms with Gasteiger partial charge in [0.15, 0.2) is 5.82 Å². The van der Waals surface area contributed by atoms with E-state index in [1.165, 1.54) is 18.4 Å². The molecule has 0 unspecified atom stereocenters. The highest BCUT2D eigenvalue weighted by atomic mass is 15.2. The Morgan fingerprint density at radius 3 is 2.76 bits per heavy atom. The highest BCUT2D eigenvalue weighted by Crippen LogP contribution is 2.38. The van der Waals surface area contributed by atoms with Crippen LogP contribution in [0, 0.1) is 13.8 Å². The Morgan fingerprint density at radius 2 is 2.06 bits per heavy atom. The van der Waals surface area contributed by atoms with Gasteiger partial charge >= 0.3 is 0 Å². The van der Waals surface area contributed by atoms with Crippen LogP contribution < -0.4 is 5.73 Å². The van der Waals surface area contributed by atoms with Crippen LogP contribution in [0.5, 0.6) is 0 Å². The minimum Gasteiger partial charge on any atom is -0.398 e. The Bertz CT molecular complexity index is 567. The SMILES string of the molecule is Cc1cc(C)c(N)c(-c2n[nH]c(C3CC3)n2)c1. The fourth-order valence-corrected chi connectivity index (χ4v) is 2.10. The highest BCUT2D eigenvalue weighted by Gasteiger charge is 2.27. The molecule has 2 aromatic rings. The minimum atomic E-state index is 0.586. The summed E-state index contributed by atoms with van der Waals surface area (Å²) in [6, 6.07) is 4.12. The number of nitrogen functional groups attached to an aromatic ring is 1. The number of hydrogen-bond donors (Lipinski definition) is 2. The number of nitrogens with zero attached hydrogens (tertiary/aromatic N) is 2. The van der Waals surface area contributed by atoms with E-state index >= 15 is 0 Å². The third-order valence-corrected chi connectivity index (χ3v) is 3.24. The molecule has 0 radical (unpaired) electrons. The molecular weight excluding hydrogens is 212 g/mol. The lowest BCUT2D eigenvalue weighted by atomic mass is 10.0. The summed E-state index contributed by atoms with van der Waals surface area (Å²) in [7, 11) is 0. The number of nitrogens with one attached hydrogen (secondary N) is 1. The Kier molecular flexibility index (Phi) is 2.18. The van der Waals surface area contributed by atoms with Gasteiger partial charge in [0.2, 0.25) is 0 Å². The second-order valence-corrected chi connectivity index (χ2v) is 4.86. The van der Waals surface area contributed by atoms with Crippen LogP contribution in [0.3, 0.4) is 0 Å². The Morgan fingerprint density at radius 1 is 1.29 bits per heavy atom. The largest absolute Gasteiger partial charge is 0.398 e. The van der Waals surface area contributed by atoms with Crippen molar-refractivity contribution in [2.75, 3.05) is 5.73 Å². The van der Waals surface area contributed by atoms with Crippen LogP contribution in [-0.4, -0.2) is 15.2 Å². The van der Waals surface area contributed by atoms with Crippen LogP contribution in [-0.2, 0) is 0 Å². The van der Waals surface area contributed by atoms with Crippen molar-refractivity contribution in [1.29, 1.82) is 0 Å². The summed E-state index contributed by atoms with van der Waals surface area (Å²) in [5.74, 6) is 2.30. The van der Waals surface area contributed by atoms with E-state index in [-0.39, 0.29) is 0 Å². The molecule has 17 heavy (non-hydrogen) atoms. The summed E-state index contributed by atoms with van der Waals surface area (Å²) in [5, 5.41) is 7.29. The second-order valence-electron chi connectivity index (χ2n) is 4.86. The van der Waals surface area contributed by atoms with E-state index in [4.69, 9.17) is 5.73 Å². The van der Waals surface area contributed by atoms with Crippen molar-refractivity contribution in [3.8, 4) is 11.4 Å². The van der Waals surface area contributed by atoms with Crippen LogP contribution in [0.15, 0.2) is 12.1 Å². The zero-order valence-electron chi connectivity index (χ0n) is 10.1. The molecule has 4 nitrogen and oxygen atoms in total. The smallest absolute Gasteiger partial charge is 0.183 e. The van der Waals surface area contributed by atoms with Gasteiger partial charge in [-0.3, -0.25) is 5.10 Å².